The van der Waals surface area contributed by atoms with Crippen LogP contribution in [0.2, 0.25) is 0 Å². The zero-order valence-corrected chi connectivity index (χ0v) is 40.2. The van der Waals surface area contributed by atoms with Gasteiger partial charge in [-0.15, -0.1) is 0 Å². The average molecular weight is 991 g/mol. The molecule has 0 unspecified atom stereocenters. The van der Waals surface area contributed by atoms with Crippen LogP contribution in [-0.4, -0.2) is 41.3 Å². The standard InChI is InChI=1S/2C28H26FN7O/c2*1-36-23-13-12-20(14-19(23)16-32-36)33-27-21(26(31)37)15-22(29)28(35-27)34-25(18-10-6-3-7-11-18)24(30)17-8-4-2-5-9-17/h2*2-16,24-25H,30H2,1H3,(H2,31,37)(H2,33,34,35)/t2*24-,25+/m10/s1. The molecule has 0 aliphatic carbocycles. The summed E-state index contributed by atoms with van der Waals surface area (Å²) in [5, 5.41) is 22.8. The molecule has 4 atom stereocenters. The number of rotatable bonds is 16. The summed E-state index contributed by atoms with van der Waals surface area (Å²) in [6, 6.07) is 49.4. The van der Waals surface area contributed by atoms with E-state index >= 15 is 8.78 Å². The van der Waals surface area contributed by atoms with Gasteiger partial charge in [-0.25, -0.2) is 18.7 Å². The molecule has 2 amide bonds. The maximum atomic E-state index is 15.3. The second kappa shape index (κ2) is 21.9. The number of anilines is 6. The van der Waals surface area contributed by atoms with Crippen molar-refractivity contribution in [3.05, 3.63) is 227 Å². The molecule has 0 spiro atoms. The lowest BCUT2D eigenvalue weighted by Crippen LogP contribution is -2.27. The van der Waals surface area contributed by atoms with Crippen LogP contribution in [0.3, 0.4) is 0 Å². The predicted molar refractivity (Wildman–Crippen MR) is 286 cm³/mol. The Bertz CT molecular complexity index is 3340. The summed E-state index contributed by atoms with van der Waals surface area (Å²) in [6.07, 6.45) is 3.46. The van der Waals surface area contributed by atoms with Gasteiger partial charge in [0.25, 0.3) is 11.8 Å². The maximum absolute atomic E-state index is 15.3. The summed E-state index contributed by atoms with van der Waals surface area (Å²) < 4.78 is 34.1. The van der Waals surface area contributed by atoms with Crippen molar-refractivity contribution in [2.24, 2.45) is 37.0 Å². The molecular weight excluding hydrogens is 939 g/mol. The zero-order chi connectivity index (χ0) is 51.9. The Balaban J connectivity index is 0.000000182. The molecule has 12 N–H and O–H groups in total. The number of carbonyl (C=O) groups excluding carboxylic acids is 2. The number of nitrogens with two attached hydrogens (primary N) is 4. The number of aromatic nitrogens is 6. The van der Waals surface area contributed by atoms with E-state index in [4.69, 9.17) is 22.9 Å². The van der Waals surface area contributed by atoms with Gasteiger partial charge in [0.2, 0.25) is 0 Å². The van der Waals surface area contributed by atoms with Crippen LogP contribution in [0.1, 0.15) is 67.1 Å². The molecular formula is C56H52F2N14O2. The van der Waals surface area contributed by atoms with Crippen LogP contribution < -0.4 is 44.2 Å². The molecule has 4 heterocycles. The summed E-state index contributed by atoms with van der Waals surface area (Å²) in [7, 11) is 3.70. The van der Waals surface area contributed by atoms with E-state index in [-0.39, 0.29) is 34.4 Å². The van der Waals surface area contributed by atoms with Gasteiger partial charge in [-0.05, 0) is 70.8 Å². The van der Waals surface area contributed by atoms with Crippen molar-refractivity contribution in [3.8, 4) is 0 Å². The van der Waals surface area contributed by atoms with Crippen molar-refractivity contribution < 1.29 is 18.4 Å². The molecule has 6 aromatic carbocycles. The van der Waals surface area contributed by atoms with E-state index in [9.17, 15) is 9.59 Å². The third-order valence-electron chi connectivity index (χ3n) is 12.5. The minimum atomic E-state index is -0.802. The smallest absolute Gasteiger partial charge is 0.252 e. The van der Waals surface area contributed by atoms with Gasteiger partial charge in [0, 0.05) is 36.2 Å². The van der Waals surface area contributed by atoms with Crippen molar-refractivity contribution >= 4 is 68.3 Å². The Hall–Kier alpha value is -9.52. The lowest BCUT2D eigenvalue weighted by molar-refractivity contribution is 0.0992. The number of nitrogens with zero attached hydrogens (tertiary/aromatic N) is 6. The van der Waals surface area contributed by atoms with Gasteiger partial charge in [-0.3, -0.25) is 19.0 Å². The SMILES string of the molecule is Cn1ncc2cc(Nc3nc(N[C@@H](c4ccccc4)[C@H](N)c4ccccc4)c(F)cc3C(N)=O)ccc21.Cn1ncc2cc(Nc3nc(N[C@H](c4ccccc4)[C@@H](N)c4ccccc4)c(F)cc3C(N)=O)ccc21. The number of hydrogen-bond acceptors (Lipinski definition) is 12. The van der Waals surface area contributed by atoms with Crippen molar-refractivity contribution in [2.75, 3.05) is 21.3 Å². The van der Waals surface area contributed by atoms with Crippen LogP contribution in [0.15, 0.2) is 182 Å². The van der Waals surface area contributed by atoms with Gasteiger partial charge >= 0.3 is 0 Å². The normalized spacial score (nSPS) is 12.7. The maximum Gasteiger partial charge on any atom is 0.252 e. The van der Waals surface area contributed by atoms with Gasteiger partial charge in [0.15, 0.2) is 23.3 Å². The molecule has 0 bridgehead atoms. The molecule has 0 aliphatic rings. The van der Waals surface area contributed by atoms with E-state index in [1.807, 2.05) is 172 Å². The Kier molecular flexibility index (Phi) is 14.6. The molecule has 0 saturated carbocycles. The second-order valence-corrected chi connectivity index (χ2v) is 17.4. The first-order valence-corrected chi connectivity index (χ1v) is 23.4. The predicted octanol–water partition coefficient (Wildman–Crippen LogP) is 9.61. The number of pyridine rings is 2. The van der Waals surface area contributed by atoms with Crippen LogP contribution in [-0.2, 0) is 14.1 Å². The lowest BCUT2D eigenvalue weighted by atomic mass is 9.94. The Labute approximate surface area is 424 Å². The van der Waals surface area contributed by atoms with Gasteiger partial charge in [-0.1, -0.05) is 121 Å². The number of primary amides is 2. The van der Waals surface area contributed by atoms with E-state index < -0.39 is 47.6 Å². The summed E-state index contributed by atoms with van der Waals surface area (Å²) in [6.45, 7) is 0. The second-order valence-electron chi connectivity index (χ2n) is 17.4. The first-order valence-electron chi connectivity index (χ1n) is 23.4. The molecule has 0 fully saturated rings. The summed E-state index contributed by atoms with van der Waals surface area (Å²) in [5.41, 5.74) is 30.9. The molecule has 4 aromatic heterocycles. The monoisotopic (exact) mass is 990 g/mol. The number of benzene rings is 6. The van der Waals surface area contributed by atoms with E-state index in [0.717, 1.165) is 56.2 Å². The molecule has 0 aliphatic heterocycles. The molecule has 16 nitrogen and oxygen atoms in total. The minimum absolute atomic E-state index is 0.0600. The molecule has 372 valence electrons. The van der Waals surface area contributed by atoms with Crippen molar-refractivity contribution in [3.63, 3.8) is 0 Å². The van der Waals surface area contributed by atoms with Crippen LogP contribution in [0.25, 0.3) is 21.8 Å². The highest BCUT2D eigenvalue weighted by Crippen LogP contribution is 2.35. The number of aryl methyl sites for hydroxylation is 2. The summed E-state index contributed by atoms with van der Waals surface area (Å²) >= 11 is 0. The lowest BCUT2D eigenvalue weighted by Gasteiger charge is -2.27. The van der Waals surface area contributed by atoms with Crippen molar-refractivity contribution in [1.29, 1.82) is 0 Å². The topological polar surface area (TPSA) is 248 Å². The highest BCUT2D eigenvalue weighted by atomic mass is 19.1. The van der Waals surface area contributed by atoms with Gasteiger partial charge in [0.05, 0.1) is 58.7 Å². The number of amides is 2. The third-order valence-corrected chi connectivity index (χ3v) is 12.5. The van der Waals surface area contributed by atoms with Crippen LogP contribution in [0, 0.1) is 11.6 Å². The number of halogens is 2. The molecule has 10 rings (SSSR count). The Morgan fingerprint density at radius 1 is 0.473 bits per heavy atom. The quantitative estimate of drug-likeness (QED) is 0.0451. The van der Waals surface area contributed by atoms with E-state index in [1.165, 1.54) is 0 Å². The largest absolute Gasteiger partial charge is 0.365 e. The fraction of sp³-hybridized carbons (Fsp3) is 0.107. The highest BCUT2D eigenvalue weighted by molar-refractivity contribution is 6.00. The zero-order valence-electron chi connectivity index (χ0n) is 40.2. The third kappa shape index (κ3) is 11.0. The first kappa shape index (κ1) is 49.5. The Morgan fingerprint density at radius 3 is 1.15 bits per heavy atom. The van der Waals surface area contributed by atoms with Crippen LogP contribution in [0.5, 0.6) is 0 Å². The van der Waals surface area contributed by atoms with Gasteiger partial charge in [-0.2, -0.15) is 10.2 Å². The van der Waals surface area contributed by atoms with E-state index in [1.54, 1.807) is 21.8 Å². The van der Waals surface area contributed by atoms with E-state index in [0.29, 0.717) is 11.4 Å². The first-order chi connectivity index (χ1) is 35.8. The summed E-state index contributed by atoms with van der Waals surface area (Å²) in [5.74, 6) is -2.91. The van der Waals surface area contributed by atoms with E-state index in [2.05, 4.69) is 41.4 Å². The molecule has 0 radical (unpaired) electrons. The van der Waals surface area contributed by atoms with Gasteiger partial charge < -0.3 is 44.2 Å². The fourth-order valence-corrected chi connectivity index (χ4v) is 8.61. The fourth-order valence-electron chi connectivity index (χ4n) is 8.61. The van der Waals surface area contributed by atoms with Crippen LogP contribution >= 0.6 is 0 Å². The molecule has 18 heteroatoms. The minimum Gasteiger partial charge on any atom is -0.365 e. The number of carbonyl (C=O) groups is 2. The van der Waals surface area contributed by atoms with Crippen LogP contribution in [0.4, 0.5) is 43.4 Å². The van der Waals surface area contributed by atoms with Crippen molar-refractivity contribution in [1.82, 2.24) is 29.5 Å². The average Bonchev–Trinajstić information content (AvgIpc) is 3.99. The van der Waals surface area contributed by atoms with Gasteiger partial charge in [0.1, 0.15) is 11.6 Å². The molecule has 10 aromatic rings. The molecule has 0 saturated heterocycles. The molecule has 74 heavy (non-hydrogen) atoms. The van der Waals surface area contributed by atoms with Crippen molar-refractivity contribution in [2.45, 2.75) is 24.2 Å². The Morgan fingerprint density at radius 2 is 0.811 bits per heavy atom. The number of fused-ring (bicyclic) bond motifs is 2. The summed E-state index contributed by atoms with van der Waals surface area (Å²) in [4.78, 5) is 33.2. The number of nitrogens with one attached hydrogen (secondary N) is 4. The number of hydrogen-bond donors (Lipinski definition) is 8. The highest BCUT2D eigenvalue weighted by Gasteiger charge is 2.27.